The van der Waals surface area contributed by atoms with Gasteiger partial charge in [-0.05, 0) is 43.0 Å². The van der Waals surface area contributed by atoms with E-state index in [0.29, 0.717) is 0 Å². The van der Waals surface area contributed by atoms with E-state index in [9.17, 15) is 13.2 Å². The summed E-state index contributed by atoms with van der Waals surface area (Å²) in [6.07, 6.45) is -1.40. The molecular formula is C21H25F3N4S. The van der Waals surface area contributed by atoms with Crippen LogP contribution in [0.3, 0.4) is 0 Å². The molecule has 0 unspecified atom stereocenters. The van der Waals surface area contributed by atoms with Gasteiger partial charge in [-0.1, -0.05) is 25.1 Å². The Morgan fingerprint density at radius 3 is 2.62 bits per heavy atom. The fourth-order valence-corrected chi connectivity index (χ4v) is 4.29. The summed E-state index contributed by atoms with van der Waals surface area (Å²) in [4.78, 5) is 0. The van der Waals surface area contributed by atoms with E-state index < -0.39 is 11.7 Å². The van der Waals surface area contributed by atoms with Crippen molar-refractivity contribution in [1.29, 1.82) is 0 Å². The molecule has 1 atom stereocenters. The number of aryl methyl sites for hydroxylation is 2. The van der Waals surface area contributed by atoms with Crippen LogP contribution < -0.4 is 11.1 Å². The SMILES string of the molecule is CCc1cnn(CC)c1-c1csc(N[C@H](CN)Cc2ccccc2C(F)(F)F)c1. The number of hydrogen-bond acceptors (Lipinski definition) is 4. The molecular weight excluding hydrogens is 397 g/mol. The van der Waals surface area contributed by atoms with Crippen molar-refractivity contribution >= 4 is 16.3 Å². The van der Waals surface area contributed by atoms with Crippen molar-refractivity contribution in [2.75, 3.05) is 11.9 Å². The molecule has 0 radical (unpaired) electrons. The number of aromatic nitrogens is 2. The number of benzene rings is 1. The highest BCUT2D eigenvalue weighted by atomic mass is 32.1. The van der Waals surface area contributed by atoms with Crippen LogP contribution in [-0.2, 0) is 25.6 Å². The third kappa shape index (κ3) is 4.82. The third-order valence-corrected chi connectivity index (χ3v) is 5.75. The van der Waals surface area contributed by atoms with Crippen LogP contribution in [0.15, 0.2) is 41.9 Å². The molecule has 0 saturated heterocycles. The zero-order valence-corrected chi connectivity index (χ0v) is 17.3. The summed E-state index contributed by atoms with van der Waals surface area (Å²) in [7, 11) is 0. The van der Waals surface area contributed by atoms with Crippen molar-refractivity contribution in [2.24, 2.45) is 5.73 Å². The Hall–Kier alpha value is -2.32. The number of nitrogens with zero attached hydrogens (tertiary/aromatic N) is 2. The minimum absolute atomic E-state index is 0.201. The second-order valence-corrected chi connectivity index (χ2v) is 7.73. The van der Waals surface area contributed by atoms with Gasteiger partial charge >= 0.3 is 6.18 Å². The van der Waals surface area contributed by atoms with Gasteiger partial charge in [0, 0.05) is 30.1 Å². The fourth-order valence-electron chi connectivity index (χ4n) is 3.43. The first-order valence-corrected chi connectivity index (χ1v) is 10.5. The van der Waals surface area contributed by atoms with E-state index in [0.717, 1.165) is 35.3 Å². The minimum atomic E-state index is -4.37. The highest BCUT2D eigenvalue weighted by molar-refractivity contribution is 7.14. The molecule has 3 N–H and O–H groups in total. The molecule has 0 aliphatic carbocycles. The molecule has 2 aromatic heterocycles. The zero-order chi connectivity index (χ0) is 21.0. The van der Waals surface area contributed by atoms with Gasteiger partial charge in [-0.3, -0.25) is 4.68 Å². The largest absolute Gasteiger partial charge is 0.416 e. The second-order valence-electron chi connectivity index (χ2n) is 6.82. The summed E-state index contributed by atoms with van der Waals surface area (Å²) in [5.74, 6) is 0. The summed E-state index contributed by atoms with van der Waals surface area (Å²) in [6.45, 7) is 5.14. The Bertz CT molecular complexity index is 924. The predicted octanol–water partition coefficient (Wildman–Crippen LogP) is 5.19. The van der Waals surface area contributed by atoms with Crippen LogP contribution in [0, 0.1) is 0 Å². The molecule has 0 aliphatic heterocycles. The highest BCUT2D eigenvalue weighted by Crippen LogP contribution is 2.34. The average Bonchev–Trinajstić information content (AvgIpc) is 3.32. The van der Waals surface area contributed by atoms with Crippen molar-refractivity contribution in [2.45, 2.75) is 45.5 Å². The fraction of sp³-hybridized carbons (Fsp3) is 0.381. The Labute approximate surface area is 172 Å². The number of hydrogen-bond donors (Lipinski definition) is 2. The summed E-state index contributed by atoms with van der Waals surface area (Å²) in [6, 6.07) is 7.38. The Kier molecular flexibility index (Phi) is 6.64. The normalized spacial score (nSPS) is 12.9. The molecule has 8 heteroatoms. The lowest BCUT2D eigenvalue weighted by Gasteiger charge is -2.20. The average molecular weight is 423 g/mol. The van der Waals surface area contributed by atoms with Crippen LogP contribution in [0.25, 0.3) is 11.3 Å². The smallest absolute Gasteiger partial charge is 0.373 e. The van der Waals surface area contributed by atoms with E-state index in [-0.39, 0.29) is 24.6 Å². The van der Waals surface area contributed by atoms with Crippen molar-refractivity contribution in [3.05, 3.63) is 58.6 Å². The molecule has 0 saturated carbocycles. The van der Waals surface area contributed by atoms with Gasteiger partial charge < -0.3 is 11.1 Å². The molecule has 0 bridgehead atoms. The number of thiophene rings is 1. The maximum atomic E-state index is 13.3. The standard InChI is InChI=1S/C21H25F3N4S/c1-3-14-12-26-28(4-2)20(14)16-10-19(29-13-16)27-17(11-25)9-15-7-5-6-8-18(15)21(22,23)24/h5-8,10,12-13,17,27H,3-4,9,11,25H2,1-2H3/t17-/m0/s1. The molecule has 3 rings (SSSR count). The van der Waals surface area contributed by atoms with Crippen LogP contribution in [0.2, 0.25) is 0 Å². The van der Waals surface area contributed by atoms with Gasteiger partial charge in [0.25, 0.3) is 0 Å². The van der Waals surface area contributed by atoms with Crippen LogP contribution in [0.5, 0.6) is 0 Å². The van der Waals surface area contributed by atoms with Crippen LogP contribution in [0.1, 0.15) is 30.5 Å². The first-order chi connectivity index (χ1) is 13.9. The predicted molar refractivity (Wildman–Crippen MR) is 112 cm³/mol. The van der Waals surface area contributed by atoms with Crippen molar-refractivity contribution in [3.8, 4) is 11.3 Å². The number of nitrogens with two attached hydrogens (primary N) is 1. The number of anilines is 1. The molecule has 1 aromatic carbocycles. The maximum Gasteiger partial charge on any atom is 0.416 e. The van der Waals surface area contributed by atoms with Gasteiger partial charge in [0.05, 0.1) is 22.5 Å². The van der Waals surface area contributed by atoms with Crippen molar-refractivity contribution in [3.63, 3.8) is 0 Å². The second kappa shape index (κ2) is 9.00. The van der Waals surface area contributed by atoms with E-state index in [4.69, 9.17) is 5.73 Å². The maximum absolute atomic E-state index is 13.3. The highest BCUT2D eigenvalue weighted by Gasteiger charge is 2.33. The Balaban J connectivity index is 1.80. The van der Waals surface area contributed by atoms with Crippen LogP contribution in [0.4, 0.5) is 18.2 Å². The van der Waals surface area contributed by atoms with Crippen molar-refractivity contribution in [1.82, 2.24) is 9.78 Å². The van der Waals surface area contributed by atoms with Gasteiger partial charge in [0.1, 0.15) is 0 Å². The van der Waals surface area contributed by atoms with Crippen molar-refractivity contribution < 1.29 is 13.2 Å². The molecule has 29 heavy (non-hydrogen) atoms. The summed E-state index contributed by atoms with van der Waals surface area (Å²) in [5.41, 5.74) is 8.83. The van der Waals surface area contributed by atoms with E-state index in [1.54, 1.807) is 6.07 Å². The quantitative estimate of drug-likeness (QED) is 0.525. The number of nitrogens with one attached hydrogen (secondary N) is 1. The summed E-state index contributed by atoms with van der Waals surface area (Å²) < 4.78 is 41.8. The van der Waals surface area contributed by atoms with E-state index in [2.05, 4.69) is 17.3 Å². The number of alkyl halides is 3. The zero-order valence-electron chi connectivity index (χ0n) is 16.5. The molecule has 0 spiro atoms. The lowest BCUT2D eigenvalue weighted by molar-refractivity contribution is -0.138. The lowest BCUT2D eigenvalue weighted by atomic mass is 10.00. The molecule has 2 heterocycles. The van der Waals surface area contributed by atoms with Gasteiger partial charge in [0.15, 0.2) is 0 Å². The van der Waals surface area contributed by atoms with Gasteiger partial charge in [0.2, 0.25) is 0 Å². The Morgan fingerprint density at radius 1 is 1.21 bits per heavy atom. The monoisotopic (exact) mass is 422 g/mol. The van der Waals surface area contributed by atoms with Gasteiger partial charge in [-0.15, -0.1) is 11.3 Å². The van der Waals surface area contributed by atoms with Gasteiger partial charge in [-0.2, -0.15) is 18.3 Å². The summed E-state index contributed by atoms with van der Waals surface area (Å²) in [5, 5.41) is 10.7. The summed E-state index contributed by atoms with van der Waals surface area (Å²) >= 11 is 1.52. The molecule has 3 aromatic rings. The Morgan fingerprint density at radius 2 is 1.97 bits per heavy atom. The molecule has 0 fully saturated rings. The number of rotatable bonds is 8. The molecule has 0 amide bonds. The molecule has 0 aliphatic rings. The van der Waals surface area contributed by atoms with E-state index in [1.165, 1.54) is 29.0 Å². The number of halogens is 3. The van der Waals surface area contributed by atoms with E-state index in [1.807, 2.05) is 29.2 Å². The first-order valence-electron chi connectivity index (χ1n) is 9.62. The van der Waals surface area contributed by atoms with Gasteiger partial charge in [-0.25, -0.2) is 0 Å². The third-order valence-electron chi connectivity index (χ3n) is 4.89. The van der Waals surface area contributed by atoms with Crippen LogP contribution in [-0.4, -0.2) is 22.4 Å². The minimum Gasteiger partial charge on any atom is -0.373 e. The first kappa shape index (κ1) is 21.4. The lowest BCUT2D eigenvalue weighted by Crippen LogP contribution is -2.31. The molecule has 156 valence electrons. The van der Waals surface area contributed by atoms with E-state index >= 15 is 0 Å². The topological polar surface area (TPSA) is 55.9 Å². The molecule has 4 nitrogen and oxygen atoms in total. The van der Waals surface area contributed by atoms with Crippen LogP contribution >= 0.6 is 11.3 Å².